The first-order valence-corrected chi connectivity index (χ1v) is 9.93. The summed E-state index contributed by atoms with van der Waals surface area (Å²) in [5, 5.41) is 0. The molecule has 3 aromatic rings. The van der Waals surface area contributed by atoms with Crippen LogP contribution < -0.4 is 0 Å². The minimum absolute atomic E-state index is 0.445. The van der Waals surface area contributed by atoms with Gasteiger partial charge in [-0.25, -0.2) is 0 Å². The molecule has 1 atom stereocenters. The van der Waals surface area contributed by atoms with Crippen molar-refractivity contribution in [2.24, 2.45) is 0 Å². The molecule has 0 amide bonds. The lowest BCUT2D eigenvalue weighted by molar-refractivity contribution is 0.138. The monoisotopic (exact) mass is 357 g/mol. The first-order chi connectivity index (χ1) is 13.3. The van der Waals surface area contributed by atoms with Crippen molar-refractivity contribution in [1.82, 2.24) is 14.9 Å². The van der Waals surface area contributed by atoms with Gasteiger partial charge in [-0.3, -0.25) is 14.9 Å². The highest BCUT2D eigenvalue weighted by molar-refractivity contribution is 5.30. The van der Waals surface area contributed by atoms with Crippen LogP contribution in [0.3, 0.4) is 0 Å². The molecule has 3 heterocycles. The fourth-order valence-electron chi connectivity index (χ4n) is 4.00. The Bertz CT molecular complexity index is 858. The predicted molar refractivity (Wildman–Crippen MR) is 109 cm³/mol. The maximum atomic E-state index is 4.79. The Morgan fingerprint density at radius 2 is 1.81 bits per heavy atom. The summed E-state index contributed by atoms with van der Waals surface area (Å²) in [6, 6.07) is 19.7. The van der Waals surface area contributed by atoms with Crippen molar-refractivity contribution >= 4 is 0 Å². The van der Waals surface area contributed by atoms with Crippen molar-refractivity contribution in [3.05, 3.63) is 95.1 Å². The maximum Gasteiger partial charge on any atom is 0.0544 e. The van der Waals surface area contributed by atoms with E-state index in [4.69, 9.17) is 4.98 Å². The van der Waals surface area contributed by atoms with Crippen molar-refractivity contribution in [2.75, 3.05) is 6.54 Å². The van der Waals surface area contributed by atoms with Crippen LogP contribution in [0.4, 0.5) is 0 Å². The number of aromatic nitrogens is 2. The van der Waals surface area contributed by atoms with Gasteiger partial charge < -0.3 is 0 Å². The van der Waals surface area contributed by atoms with E-state index in [2.05, 4.69) is 71.5 Å². The lowest BCUT2D eigenvalue weighted by atomic mass is 9.95. The van der Waals surface area contributed by atoms with Crippen molar-refractivity contribution < 1.29 is 0 Å². The average Bonchev–Trinajstić information content (AvgIpc) is 2.72. The molecule has 0 bridgehead atoms. The van der Waals surface area contributed by atoms with Gasteiger partial charge in [-0.2, -0.15) is 0 Å². The zero-order valence-corrected chi connectivity index (χ0v) is 16.0. The van der Waals surface area contributed by atoms with Crippen LogP contribution in [0.25, 0.3) is 0 Å². The number of pyridine rings is 2. The molecule has 0 unspecified atom stereocenters. The van der Waals surface area contributed by atoms with Gasteiger partial charge >= 0.3 is 0 Å². The Balaban J connectivity index is 1.48. The highest BCUT2D eigenvalue weighted by atomic mass is 15.2. The van der Waals surface area contributed by atoms with Crippen LogP contribution in [0.1, 0.15) is 53.4 Å². The molecule has 4 rings (SSSR count). The second-order valence-corrected chi connectivity index (χ2v) is 7.49. The van der Waals surface area contributed by atoms with Gasteiger partial charge in [0, 0.05) is 37.1 Å². The van der Waals surface area contributed by atoms with E-state index in [-0.39, 0.29) is 0 Å². The van der Waals surface area contributed by atoms with Crippen LogP contribution in [-0.2, 0) is 13.0 Å². The topological polar surface area (TPSA) is 29.0 Å². The van der Waals surface area contributed by atoms with E-state index in [9.17, 15) is 0 Å². The molecule has 0 radical (unpaired) electrons. The molecule has 0 saturated carbocycles. The lowest BCUT2D eigenvalue weighted by Gasteiger charge is -2.35. The van der Waals surface area contributed by atoms with Gasteiger partial charge in [0.25, 0.3) is 0 Å². The molecular formula is C24H27N3. The van der Waals surface area contributed by atoms with E-state index < -0.39 is 0 Å². The summed E-state index contributed by atoms with van der Waals surface area (Å²) in [6.45, 7) is 4.21. The summed E-state index contributed by atoms with van der Waals surface area (Å²) >= 11 is 0. The molecule has 1 saturated heterocycles. The molecule has 1 aliphatic heterocycles. The van der Waals surface area contributed by atoms with Crippen LogP contribution in [0.15, 0.2) is 67.0 Å². The second kappa shape index (κ2) is 8.45. The number of aryl methyl sites for hydroxylation is 1. The Kier molecular flexibility index (Phi) is 5.59. The number of benzene rings is 1. The molecule has 3 heteroatoms. The van der Waals surface area contributed by atoms with Gasteiger partial charge in [0.15, 0.2) is 0 Å². The van der Waals surface area contributed by atoms with E-state index in [1.807, 2.05) is 12.3 Å². The standard InChI is InChI=1S/C24H27N3/c1-19-8-2-3-9-20(19)16-22-13-12-21(17-26-22)24-11-5-7-15-27(24)18-23-10-4-6-14-25-23/h2-4,6,8-10,12-14,17,24H,5,7,11,15-16,18H2,1H3/t24-/m0/s1. The number of nitrogens with zero attached hydrogens (tertiary/aromatic N) is 3. The lowest BCUT2D eigenvalue weighted by Crippen LogP contribution is -2.33. The van der Waals surface area contributed by atoms with Gasteiger partial charge in [-0.05, 0) is 61.2 Å². The second-order valence-electron chi connectivity index (χ2n) is 7.49. The fraction of sp³-hybridized carbons (Fsp3) is 0.333. The highest BCUT2D eigenvalue weighted by Crippen LogP contribution is 2.31. The average molecular weight is 358 g/mol. The molecule has 27 heavy (non-hydrogen) atoms. The summed E-state index contributed by atoms with van der Waals surface area (Å²) < 4.78 is 0. The highest BCUT2D eigenvalue weighted by Gasteiger charge is 2.24. The first kappa shape index (κ1) is 17.9. The molecule has 1 aromatic carbocycles. The number of likely N-dealkylation sites (tertiary alicyclic amines) is 1. The van der Waals surface area contributed by atoms with E-state index in [0.29, 0.717) is 6.04 Å². The Labute approximate surface area is 162 Å². The summed E-state index contributed by atoms with van der Waals surface area (Å²) in [5.74, 6) is 0. The van der Waals surface area contributed by atoms with E-state index in [1.165, 1.54) is 36.0 Å². The van der Waals surface area contributed by atoms with Crippen LogP contribution in [0.5, 0.6) is 0 Å². The third-order valence-electron chi connectivity index (χ3n) is 5.57. The minimum atomic E-state index is 0.445. The fourth-order valence-corrected chi connectivity index (χ4v) is 4.00. The van der Waals surface area contributed by atoms with Gasteiger partial charge in [0.1, 0.15) is 0 Å². The zero-order chi connectivity index (χ0) is 18.5. The molecular weight excluding hydrogens is 330 g/mol. The Hall–Kier alpha value is -2.52. The van der Waals surface area contributed by atoms with Crippen LogP contribution in [0, 0.1) is 6.92 Å². The van der Waals surface area contributed by atoms with Crippen LogP contribution in [-0.4, -0.2) is 21.4 Å². The quantitative estimate of drug-likeness (QED) is 0.636. The van der Waals surface area contributed by atoms with E-state index >= 15 is 0 Å². The number of rotatable bonds is 5. The maximum absolute atomic E-state index is 4.79. The third-order valence-corrected chi connectivity index (χ3v) is 5.57. The van der Waals surface area contributed by atoms with Crippen molar-refractivity contribution in [1.29, 1.82) is 0 Å². The molecule has 1 aliphatic rings. The third kappa shape index (κ3) is 4.42. The largest absolute Gasteiger partial charge is 0.290 e. The smallest absolute Gasteiger partial charge is 0.0544 e. The molecule has 2 aromatic heterocycles. The molecule has 3 nitrogen and oxygen atoms in total. The van der Waals surface area contributed by atoms with Gasteiger partial charge in [0.05, 0.1) is 5.69 Å². The zero-order valence-electron chi connectivity index (χ0n) is 16.0. The van der Waals surface area contributed by atoms with E-state index in [1.54, 1.807) is 0 Å². The Morgan fingerprint density at radius 1 is 0.926 bits per heavy atom. The van der Waals surface area contributed by atoms with E-state index in [0.717, 1.165) is 30.9 Å². The molecule has 1 fully saturated rings. The summed E-state index contributed by atoms with van der Waals surface area (Å²) in [4.78, 5) is 11.9. The van der Waals surface area contributed by atoms with Gasteiger partial charge in [-0.1, -0.05) is 42.8 Å². The minimum Gasteiger partial charge on any atom is -0.290 e. The summed E-state index contributed by atoms with van der Waals surface area (Å²) in [6.07, 6.45) is 8.63. The number of hydrogen-bond donors (Lipinski definition) is 0. The molecule has 0 N–H and O–H groups in total. The van der Waals surface area contributed by atoms with Crippen LogP contribution >= 0.6 is 0 Å². The van der Waals surface area contributed by atoms with Gasteiger partial charge in [-0.15, -0.1) is 0 Å². The van der Waals surface area contributed by atoms with Crippen molar-refractivity contribution in [3.63, 3.8) is 0 Å². The number of hydrogen-bond acceptors (Lipinski definition) is 3. The molecule has 138 valence electrons. The first-order valence-electron chi connectivity index (χ1n) is 9.93. The van der Waals surface area contributed by atoms with Crippen molar-refractivity contribution in [2.45, 2.75) is 45.2 Å². The van der Waals surface area contributed by atoms with Crippen LogP contribution in [0.2, 0.25) is 0 Å². The predicted octanol–water partition coefficient (Wildman–Crippen LogP) is 5.10. The Morgan fingerprint density at radius 3 is 2.59 bits per heavy atom. The van der Waals surface area contributed by atoms with Gasteiger partial charge in [0.2, 0.25) is 0 Å². The molecule has 0 spiro atoms. The normalized spacial score (nSPS) is 17.7. The number of piperidine rings is 1. The van der Waals surface area contributed by atoms with Crippen molar-refractivity contribution in [3.8, 4) is 0 Å². The molecule has 0 aliphatic carbocycles. The SMILES string of the molecule is Cc1ccccc1Cc1ccc([C@@H]2CCCCN2Cc2ccccn2)cn1. The summed E-state index contributed by atoms with van der Waals surface area (Å²) in [5.41, 5.74) is 6.30. The summed E-state index contributed by atoms with van der Waals surface area (Å²) in [7, 11) is 0.